The average molecular weight is 323 g/mol. The number of hydrogen-bond donors (Lipinski definition) is 2. The molecule has 22 heavy (non-hydrogen) atoms. The maximum Gasteiger partial charge on any atom is 0.246 e. The Balaban J connectivity index is 2.06. The normalized spacial score (nSPS) is 11.6. The molecular weight excluding hydrogens is 307 g/mol. The van der Waals surface area contributed by atoms with Gasteiger partial charge in [-0.25, -0.2) is 4.39 Å². The summed E-state index contributed by atoms with van der Waals surface area (Å²) in [6, 6.07) is 10.6. The minimum absolute atomic E-state index is 0.151. The van der Waals surface area contributed by atoms with Gasteiger partial charge in [0, 0.05) is 0 Å². The van der Waals surface area contributed by atoms with Crippen LogP contribution in [0.25, 0.3) is 0 Å². The molecule has 4 nitrogen and oxygen atoms in total. The molecule has 0 aromatic heterocycles. The summed E-state index contributed by atoms with van der Waals surface area (Å²) >= 11 is 5.89. The van der Waals surface area contributed by atoms with Crippen LogP contribution < -0.4 is 15.4 Å². The summed E-state index contributed by atoms with van der Waals surface area (Å²) in [7, 11) is 1.56. The van der Waals surface area contributed by atoms with E-state index >= 15 is 0 Å². The minimum atomic E-state index is -0.530. The zero-order chi connectivity index (χ0) is 16.1. The molecule has 1 unspecified atom stereocenters. The lowest BCUT2D eigenvalue weighted by Gasteiger charge is -2.17. The molecule has 116 valence electrons. The Kier molecular flexibility index (Phi) is 5.22. The van der Waals surface area contributed by atoms with Crippen molar-refractivity contribution >= 4 is 28.9 Å². The first-order chi connectivity index (χ1) is 10.5. The first-order valence-corrected chi connectivity index (χ1v) is 7.04. The lowest BCUT2D eigenvalue weighted by molar-refractivity contribution is -0.116. The zero-order valence-corrected chi connectivity index (χ0v) is 12.9. The van der Waals surface area contributed by atoms with Gasteiger partial charge in [-0.1, -0.05) is 23.7 Å². The number of methoxy groups -OCH3 is 1. The molecule has 1 amide bonds. The lowest BCUT2D eigenvalue weighted by atomic mass is 10.2. The number of hydrogen-bond acceptors (Lipinski definition) is 3. The van der Waals surface area contributed by atoms with E-state index in [-0.39, 0.29) is 10.9 Å². The molecule has 0 aliphatic rings. The fraction of sp³-hybridized carbons (Fsp3) is 0.188. The average Bonchev–Trinajstić information content (AvgIpc) is 2.50. The first kappa shape index (κ1) is 16.1. The maximum absolute atomic E-state index is 13.0. The molecule has 0 spiro atoms. The van der Waals surface area contributed by atoms with Crippen molar-refractivity contribution < 1.29 is 13.9 Å². The summed E-state index contributed by atoms with van der Waals surface area (Å²) < 4.78 is 18.2. The van der Waals surface area contributed by atoms with Gasteiger partial charge in [-0.05, 0) is 37.3 Å². The number of para-hydroxylation sites is 2. The van der Waals surface area contributed by atoms with Crippen LogP contribution in [0, 0.1) is 5.82 Å². The standard InChI is InChI=1S/C16H16ClFN2O2/c1-10(19-14-5-3-4-6-15(14)22-2)16(21)20-13-8-7-11(18)9-12(13)17/h3-10,19H,1-2H3,(H,20,21). The first-order valence-electron chi connectivity index (χ1n) is 6.66. The molecule has 1 atom stereocenters. The van der Waals surface area contributed by atoms with Crippen molar-refractivity contribution in [3.05, 3.63) is 53.3 Å². The Morgan fingerprint density at radius 1 is 1.23 bits per heavy atom. The second-order valence-corrected chi connectivity index (χ2v) is 5.09. The summed E-state index contributed by atoms with van der Waals surface area (Å²) in [5.74, 6) is -0.107. The number of nitrogens with one attached hydrogen (secondary N) is 2. The van der Waals surface area contributed by atoms with Crippen molar-refractivity contribution in [1.82, 2.24) is 0 Å². The Morgan fingerprint density at radius 2 is 1.95 bits per heavy atom. The summed E-state index contributed by atoms with van der Waals surface area (Å²) in [6.07, 6.45) is 0. The second-order valence-electron chi connectivity index (χ2n) is 4.68. The highest BCUT2D eigenvalue weighted by atomic mass is 35.5. The highest BCUT2D eigenvalue weighted by molar-refractivity contribution is 6.33. The van der Waals surface area contributed by atoms with Gasteiger partial charge in [0.15, 0.2) is 0 Å². The Morgan fingerprint density at radius 3 is 2.64 bits per heavy atom. The third kappa shape index (κ3) is 3.89. The topological polar surface area (TPSA) is 50.4 Å². The Hall–Kier alpha value is -2.27. The fourth-order valence-corrected chi connectivity index (χ4v) is 2.11. The number of ether oxygens (including phenoxy) is 1. The van der Waals surface area contributed by atoms with E-state index in [0.717, 1.165) is 6.07 Å². The molecule has 0 radical (unpaired) electrons. The highest BCUT2D eigenvalue weighted by Gasteiger charge is 2.16. The van der Waals surface area contributed by atoms with Gasteiger partial charge in [-0.3, -0.25) is 4.79 Å². The third-order valence-electron chi connectivity index (χ3n) is 3.06. The van der Waals surface area contributed by atoms with Crippen LogP contribution in [0.4, 0.5) is 15.8 Å². The third-order valence-corrected chi connectivity index (χ3v) is 3.37. The number of carbonyl (C=O) groups is 1. The van der Waals surface area contributed by atoms with Crippen molar-refractivity contribution in [1.29, 1.82) is 0 Å². The molecular formula is C16H16ClFN2O2. The number of carbonyl (C=O) groups excluding carboxylic acids is 1. The van der Waals surface area contributed by atoms with E-state index < -0.39 is 11.9 Å². The van der Waals surface area contributed by atoms with Gasteiger partial charge in [0.1, 0.15) is 17.6 Å². The number of anilines is 2. The van der Waals surface area contributed by atoms with Gasteiger partial charge < -0.3 is 15.4 Å². The zero-order valence-electron chi connectivity index (χ0n) is 12.2. The van der Waals surface area contributed by atoms with Crippen LogP contribution in [-0.4, -0.2) is 19.1 Å². The molecule has 6 heteroatoms. The van der Waals surface area contributed by atoms with E-state index in [0.29, 0.717) is 17.1 Å². The van der Waals surface area contributed by atoms with Gasteiger partial charge in [0.25, 0.3) is 0 Å². The van der Waals surface area contributed by atoms with E-state index in [1.54, 1.807) is 20.1 Å². The van der Waals surface area contributed by atoms with E-state index in [1.165, 1.54) is 12.1 Å². The van der Waals surface area contributed by atoms with Gasteiger partial charge >= 0.3 is 0 Å². The Labute approximate surface area is 133 Å². The van der Waals surface area contributed by atoms with Crippen LogP contribution in [-0.2, 0) is 4.79 Å². The van der Waals surface area contributed by atoms with Crippen LogP contribution >= 0.6 is 11.6 Å². The minimum Gasteiger partial charge on any atom is -0.495 e. The lowest BCUT2D eigenvalue weighted by Crippen LogP contribution is -2.32. The second kappa shape index (κ2) is 7.13. The van der Waals surface area contributed by atoms with E-state index in [4.69, 9.17) is 16.3 Å². The van der Waals surface area contributed by atoms with Crippen molar-refractivity contribution in [2.75, 3.05) is 17.7 Å². The van der Waals surface area contributed by atoms with E-state index in [2.05, 4.69) is 10.6 Å². The van der Waals surface area contributed by atoms with Gasteiger partial charge in [0.2, 0.25) is 5.91 Å². The Bertz CT molecular complexity index is 679. The molecule has 0 saturated heterocycles. The van der Waals surface area contributed by atoms with Crippen molar-refractivity contribution in [3.8, 4) is 5.75 Å². The molecule has 0 saturated carbocycles. The van der Waals surface area contributed by atoms with Crippen LogP contribution in [0.5, 0.6) is 5.75 Å². The van der Waals surface area contributed by atoms with Gasteiger partial charge in [-0.2, -0.15) is 0 Å². The molecule has 2 aromatic carbocycles. The molecule has 0 heterocycles. The molecule has 2 rings (SSSR count). The summed E-state index contributed by atoms with van der Waals surface area (Å²) in [5, 5.41) is 5.86. The molecule has 2 N–H and O–H groups in total. The quantitative estimate of drug-likeness (QED) is 0.877. The summed E-state index contributed by atoms with van der Waals surface area (Å²) in [6.45, 7) is 1.71. The largest absolute Gasteiger partial charge is 0.495 e. The van der Waals surface area contributed by atoms with Crippen LogP contribution in [0.1, 0.15) is 6.92 Å². The predicted octanol–water partition coefficient (Wildman–Crippen LogP) is 3.93. The summed E-state index contributed by atoms with van der Waals surface area (Å²) in [5.41, 5.74) is 1.07. The monoisotopic (exact) mass is 322 g/mol. The smallest absolute Gasteiger partial charge is 0.246 e. The SMILES string of the molecule is COc1ccccc1NC(C)C(=O)Nc1ccc(F)cc1Cl. The van der Waals surface area contributed by atoms with E-state index in [1.807, 2.05) is 18.2 Å². The highest BCUT2D eigenvalue weighted by Crippen LogP contribution is 2.25. The molecule has 2 aromatic rings. The number of amides is 1. The molecule has 0 fully saturated rings. The number of halogens is 2. The van der Waals surface area contributed by atoms with Crippen molar-refractivity contribution in [2.45, 2.75) is 13.0 Å². The van der Waals surface area contributed by atoms with Crippen molar-refractivity contribution in [3.63, 3.8) is 0 Å². The van der Waals surface area contributed by atoms with Gasteiger partial charge in [0.05, 0.1) is 23.5 Å². The predicted molar refractivity (Wildman–Crippen MR) is 86.1 cm³/mol. The maximum atomic E-state index is 13.0. The van der Waals surface area contributed by atoms with Crippen LogP contribution in [0.2, 0.25) is 5.02 Å². The molecule has 0 aliphatic heterocycles. The fourth-order valence-electron chi connectivity index (χ4n) is 1.89. The van der Waals surface area contributed by atoms with E-state index in [9.17, 15) is 9.18 Å². The number of rotatable bonds is 5. The molecule has 0 aliphatic carbocycles. The van der Waals surface area contributed by atoms with Crippen LogP contribution in [0.15, 0.2) is 42.5 Å². The molecule has 0 bridgehead atoms. The number of benzene rings is 2. The van der Waals surface area contributed by atoms with Crippen molar-refractivity contribution in [2.24, 2.45) is 0 Å². The van der Waals surface area contributed by atoms with Gasteiger partial charge in [-0.15, -0.1) is 0 Å². The van der Waals surface area contributed by atoms with Crippen LogP contribution in [0.3, 0.4) is 0 Å². The summed E-state index contributed by atoms with van der Waals surface area (Å²) in [4.78, 5) is 12.2.